The van der Waals surface area contributed by atoms with Crippen LogP contribution in [0, 0.1) is 5.82 Å². The molecule has 0 radical (unpaired) electrons. The van der Waals surface area contributed by atoms with Crippen molar-refractivity contribution in [2.75, 3.05) is 5.32 Å². The molecule has 0 aromatic heterocycles. The van der Waals surface area contributed by atoms with Gasteiger partial charge in [0.25, 0.3) is 0 Å². The van der Waals surface area contributed by atoms with Gasteiger partial charge in [0.2, 0.25) is 5.91 Å². The average Bonchev–Trinajstić information content (AvgIpc) is 2.53. The Bertz CT molecular complexity index is 725. The SMILES string of the molecule is O=C1CCc2cc(C(=O)OCc3ccc(F)cc3)ccc2N1. The second-order valence-corrected chi connectivity index (χ2v) is 5.12. The summed E-state index contributed by atoms with van der Waals surface area (Å²) in [5.74, 6) is -0.782. The second-order valence-electron chi connectivity index (χ2n) is 5.12. The fourth-order valence-corrected chi connectivity index (χ4v) is 2.32. The van der Waals surface area contributed by atoms with E-state index in [1.54, 1.807) is 30.3 Å². The lowest BCUT2D eigenvalue weighted by Gasteiger charge is -2.17. The molecule has 1 N–H and O–H groups in total. The fraction of sp³-hybridized carbons (Fsp3) is 0.176. The maximum atomic E-state index is 12.8. The van der Waals surface area contributed by atoms with Gasteiger partial charge in [-0.05, 0) is 47.9 Å². The minimum atomic E-state index is -0.441. The molecule has 0 fully saturated rings. The van der Waals surface area contributed by atoms with E-state index in [9.17, 15) is 14.0 Å². The number of carbonyl (C=O) groups is 2. The van der Waals surface area contributed by atoms with Gasteiger partial charge in [-0.3, -0.25) is 4.79 Å². The van der Waals surface area contributed by atoms with E-state index >= 15 is 0 Å². The van der Waals surface area contributed by atoms with Gasteiger partial charge in [-0.2, -0.15) is 0 Å². The number of amides is 1. The van der Waals surface area contributed by atoms with Crippen molar-refractivity contribution < 1.29 is 18.7 Å². The lowest BCUT2D eigenvalue weighted by atomic mass is 10.0. The van der Waals surface area contributed by atoms with Gasteiger partial charge < -0.3 is 10.1 Å². The van der Waals surface area contributed by atoms with Gasteiger partial charge in [0, 0.05) is 12.1 Å². The highest BCUT2D eigenvalue weighted by molar-refractivity contribution is 5.96. The number of esters is 1. The summed E-state index contributed by atoms with van der Waals surface area (Å²) in [5.41, 5.74) is 2.83. The third kappa shape index (κ3) is 3.14. The minimum Gasteiger partial charge on any atom is -0.457 e. The Morgan fingerprint density at radius 3 is 2.68 bits per heavy atom. The molecule has 22 heavy (non-hydrogen) atoms. The Balaban J connectivity index is 1.67. The van der Waals surface area contributed by atoms with E-state index in [2.05, 4.69) is 5.32 Å². The van der Waals surface area contributed by atoms with Gasteiger partial charge >= 0.3 is 5.97 Å². The second kappa shape index (κ2) is 5.97. The first-order valence-corrected chi connectivity index (χ1v) is 6.96. The Kier molecular flexibility index (Phi) is 3.87. The van der Waals surface area contributed by atoms with Gasteiger partial charge in [-0.1, -0.05) is 12.1 Å². The van der Waals surface area contributed by atoms with Crippen LogP contribution in [0.25, 0.3) is 0 Å². The van der Waals surface area contributed by atoms with Crippen LogP contribution in [-0.4, -0.2) is 11.9 Å². The molecule has 0 atom stereocenters. The lowest BCUT2D eigenvalue weighted by molar-refractivity contribution is -0.116. The molecule has 0 bridgehead atoms. The van der Waals surface area contributed by atoms with Gasteiger partial charge in [0.1, 0.15) is 12.4 Å². The molecule has 2 aromatic carbocycles. The predicted octanol–water partition coefficient (Wildman–Crippen LogP) is 3.07. The van der Waals surface area contributed by atoms with Gasteiger partial charge in [0.15, 0.2) is 0 Å². The van der Waals surface area contributed by atoms with Crippen LogP contribution in [0.1, 0.15) is 27.9 Å². The number of carbonyl (C=O) groups excluding carboxylic acids is 2. The molecule has 0 spiro atoms. The summed E-state index contributed by atoms with van der Waals surface area (Å²) in [6.07, 6.45) is 1.03. The lowest BCUT2D eigenvalue weighted by Crippen LogP contribution is -2.19. The van der Waals surface area contributed by atoms with Crippen molar-refractivity contribution in [2.24, 2.45) is 0 Å². The Hall–Kier alpha value is -2.69. The maximum absolute atomic E-state index is 12.8. The summed E-state index contributed by atoms with van der Waals surface area (Å²) in [6.45, 7) is 0.0902. The first-order valence-electron chi connectivity index (χ1n) is 6.96. The summed E-state index contributed by atoms with van der Waals surface area (Å²) < 4.78 is 18.0. The quantitative estimate of drug-likeness (QED) is 0.886. The highest BCUT2D eigenvalue weighted by Crippen LogP contribution is 2.24. The summed E-state index contributed by atoms with van der Waals surface area (Å²) in [5, 5.41) is 2.76. The number of anilines is 1. The molecule has 0 unspecified atom stereocenters. The smallest absolute Gasteiger partial charge is 0.338 e. The van der Waals surface area contributed by atoms with Crippen LogP contribution in [0.2, 0.25) is 0 Å². The van der Waals surface area contributed by atoms with Gasteiger partial charge in [0.05, 0.1) is 5.56 Å². The number of nitrogens with one attached hydrogen (secondary N) is 1. The number of benzene rings is 2. The third-order valence-electron chi connectivity index (χ3n) is 3.52. The van der Waals surface area contributed by atoms with E-state index in [0.29, 0.717) is 18.4 Å². The van der Waals surface area contributed by atoms with E-state index in [1.165, 1.54) is 12.1 Å². The Morgan fingerprint density at radius 2 is 1.91 bits per heavy atom. The van der Waals surface area contributed by atoms with Crippen molar-refractivity contribution in [2.45, 2.75) is 19.4 Å². The number of aryl methyl sites for hydroxylation is 1. The fourth-order valence-electron chi connectivity index (χ4n) is 2.32. The zero-order valence-corrected chi connectivity index (χ0v) is 11.8. The monoisotopic (exact) mass is 299 g/mol. The summed E-state index contributed by atoms with van der Waals surface area (Å²) in [7, 11) is 0. The molecule has 0 aliphatic carbocycles. The predicted molar refractivity (Wildman–Crippen MR) is 78.9 cm³/mol. The average molecular weight is 299 g/mol. The van der Waals surface area contributed by atoms with E-state index in [4.69, 9.17) is 4.74 Å². The first-order chi connectivity index (χ1) is 10.6. The minimum absolute atomic E-state index is 0.0147. The van der Waals surface area contributed by atoms with E-state index in [1.807, 2.05) is 0 Å². The normalized spacial score (nSPS) is 13.2. The molecule has 112 valence electrons. The molecule has 4 nitrogen and oxygen atoms in total. The molecule has 1 aliphatic rings. The van der Waals surface area contributed by atoms with Crippen LogP contribution >= 0.6 is 0 Å². The van der Waals surface area contributed by atoms with Crippen molar-refractivity contribution in [1.82, 2.24) is 0 Å². The van der Waals surface area contributed by atoms with Crippen molar-refractivity contribution in [3.05, 3.63) is 65.0 Å². The van der Waals surface area contributed by atoms with E-state index in [0.717, 1.165) is 16.8 Å². The van der Waals surface area contributed by atoms with Crippen LogP contribution in [0.5, 0.6) is 0 Å². The molecule has 3 rings (SSSR count). The summed E-state index contributed by atoms with van der Waals surface area (Å²) in [6, 6.07) is 10.9. The highest BCUT2D eigenvalue weighted by atomic mass is 19.1. The van der Waals surface area contributed by atoms with Crippen LogP contribution in [0.15, 0.2) is 42.5 Å². The molecule has 0 saturated heterocycles. The molecule has 1 amide bonds. The van der Waals surface area contributed by atoms with Gasteiger partial charge in [-0.15, -0.1) is 0 Å². The van der Waals surface area contributed by atoms with E-state index < -0.39 is 5.97 Å². The van der Waals surface area contributed by atoms with Gasteiger partial charge in [-0.25, -0.2) is 9.18 Å². The molecule has 0 saturated carbocycles. The van der Waals surface area contributed by atoms with Crippen molar-refractivity contribution >= 4 is 17.6 Å². The number of fused-ring (bicyclic) bond motifs is 1. The van der Waals surface area contributed by atoms with Crippen molar-refractivity contribution in [3.8, 4) is 0 Å². The summed E-state index contributed by atoms with van der Waals surface area (Å²) in [4.78, 5) is 23.3. The molecule has 1 heterocycles. The first kappa shape index (κ1) is 14.3. The maximum Gasteiger partial charge on any atom is 0.338 e. The largest absolute Gasteiger partial charge is 0.457 e. The zero-order chi connectivity index (χ0) is 15.5. The topological polar surface area (TPSA) is 55.4 Å². The van der Waals surface area contributed by atoms with E-state index in [-0.39, 0.29) is 18.3 Å². The summed E-state index contributed by atoms with van der Waals surface area (Å²) >= 11 is 0. The third-order valence-corrected chi connectivity index (χ3v) is 3.52. The Morgan fingerprint density at radius 1 is 1.14 bits per heavy atom. The zero-order valence-electron chi connectivity index (χ0n) is 11.8. The molecule has 2 aromatic rings. The van der Waals surface area contributed by atoms with Crippen LogP contribution in [-0.2, 0) is 22.6 Å². The number of halogens is 1. The van der Waals surface area contributed by atoms with Crippen LogP contribution in [0.3, 0.4) is 0 Å². The van der Waals surface area contributed by atoms with Crippen LogP contribution in [0.4, 0.5) is 10.1 Å². The highest BCUT2D eigenvalue weighted by Gasteiger charge is 2.17. The number of rotatable bonds is 3. The number of hydrogen-bond acceptors (Lipinski definition) is 3. The number of ether oxygens (including phenoxy) is 1. The Labute approximate surface area is 126 Å². The van der Waals surface area contributed by atoms with Crippen molar-refractivity contribution in [1.29, 1.82) is 0 Å². The molecule has 5 heteroatoms. The molecular weight excluding hydrogens is 285 g/mol. The van der Waals surface area contributed by atoms with Crippen LogP contribution < -0.4 is 5.32 Å². The molecule has 1 aliphatic heterocycles. The molecular formula is C17H14FNO3. The standard InChI is InChI=1S/C17H14FNO3/c18-14-5-1-11(2-6-14)10-22-17(21)13-3-7-15-12(9-13)4-8-16(20)19-15/h1-3,5-7,9H,4,8,10H2,(H,19,20). The van der Waals surface area contributed by atoms with Crippen molar-refractivity contribution in [3.63, 3.8) is 0 Å². The number of hydrogen-bond donors (Lipinski definition) is 1.